The second kappa shape index (κ2) is 3.89. The molecule has 0 saturated carbocycles. The third kappa shape index (κ3) is 1.80. The van der Waals surface area contributed by atoms with Crippen LogP contribution in [-0.4, -0.2) is 12.9 Å². The number of aldehydes is 1. The zero-order valence-corrected chi connectivity index (χ0v) is 9.04. The molecular formula is C13H14O2. The van der Waals surface area contributed by atoms with Gasteiger partial charge in [0.05, 0.1) is 6.61 Å². The van der Waals surface area contributed by atoms with Crippen LogP contribution in [0.4, 0.5) is 0 Å². The maximum Gasteiger partial charge on any atom is 0.150 e. The largest absolute Gasteiger partial charge is 0.493 e. The molecule has 0 aromatic heterocycles. The predicted octanol–water partition coefficient (Wildman–Crippen LogP) is 2.88. The van der Waals surface area contributed by atoms with Crippen molar-refractivity contribution >= 4 is 12.0 Å². The fourth-order valence-corrected chi connectivity index (χ4v) is 1.84. The monoisotopic (exact) mass is 202 g/mol. The lowest BCUT2D eigenvalue weighted by Gasteiger charge is -2.10. The van der Waals surface area contributed by atoms with Crippen LogP contribution in [-0.2, 0) is 4.74 Å². The molecule has 15 heavy (non-hydrogen) atoms. The fourth-order valence-electron chi connectivity index (χ4n) is 1.84. The SMILES string of the molecule is Cc1cc(C2=CCCO2)c(C)cc1C=O. The number of ether oxygens (including phenoxy) is 1. The first-order valence-electron chi connectivity index (χ1n) is 5.12. The van der Waals surface area contributed by atoms with Crippen molar-refractivity contribution in [2.75, 3.05) is 6.61 Å². The Kier molecular flexibility index (Phi) is 2.58. The summed E-state index contributed by atoms with van der Waals surface area (Å²) in [5.74, 6) is 0.952. The van der Waals surface area contributed by atoms with Gasteiger partial charge < -0.3 is 4.74 Å². The van der Waals surface area contributed by atoms with Crippen LogP contribution in [0.5, 0.6) is 0 Å². The highest BCUT2D eigenvalue weighted by molar-refractivity contribution is 5.79. The van der Waals surface area contributed by atoms with E-state index in [0.717, 1.165) is 47.3 Å². The van der Waals surface area contributed by atoms with Gasteiger partial charge in [0.15, 0.2) is 0 Å². The van der Waals surface area contributed by atoms with Crippen molar-refractivity contribution in [2.24, 2.45) is 0 Å². The molecule has 78 valence electrons. The van der Waals surface area contributed by atoms with E-state index >= 15 is 0 Å². The maximum atomic E-state index is 10.8. The Hall–Kier alpha value is -1.57. The number of aryl methyl sites for hydroxylation is 2. The minimum Gasteiger partial charge on any atom is -0.493 e. The van der Waals surface area contributed by atoms with Gasteiger partial charge in [0.25, 0.3) is 0 Å². The number of rotatable bonds is 2. The van der Waals surface area contributed by atoms with Gasteiger partial charge in [-0.25, -0.2) is 0 Å². The minimum atomic E-state index is 0.759. The van der Waals surface area contributed by atoms with Gasteiger partial charge in [-0.2, -0.15) is 0 Å². The fraction of sp³-hybridized carbons (Fsp3) is 0.308. The van der Waals surface area contributed by atoms with E-state index in [1.54, 1.807) is 0 Å². The van der Waals surface area contributed by atoms with Crippen LogP contribution in [0.15, 0.2) is 18.2 Å². The molecule has 2 rings (SSSR count). The van der Waals surface area contributed by atoms with Crippen LogP contribution < -0.4 is 0 Å². The van der Waals surface area contributed by atoms with Crippen LogP contribution in [0.1, 0.15) is 33.5 Å². The zero-order chi connectivity index (χ0) is 10.8. The normalized spacial score (nSPS) is 14.7. The molecule has 2 heteroatoms. The quantitative estimate of drug-likeness (QED) is 0.689. The number of hydrogen-bond donors (Lipinski definition) is 0. The number of carbonyl (C=O) groups is 1. The molecule has 0 bridgehead atoms. The van der Waals surface area contributed by atoms with Crippen molar-refractivity contribution in [1.29, 1.82) is 0 Å². The molecule has 0 amide bonds. The summed E-state index contributed by atoms with van der Waals surface area (Å²) in [4.78, 5) is 10.8. The Morgan fingerprint density at radius 2 is 2.07 bits per heavy atom. The lowest BCUT2D eigenvalue weighted by atomic mass is 9.99. The minimum absolute atomic E-state index is 0.759. The molecule has 0 radical (unpaired) electrons. The molecule has 0 saturated heterocycles. The molecular weight excluding hydrogens is 188 g/mol. The van der Waals surface area contributed by atoms with Crippen molar-refractivity contribution in [3.8, 4) is 0 Å². The van der Waals surface area contributed by atoms with E-state index < -0.39 is 0 Å². The van der Waals surface area contributed by atoms with Gasteiger partial charge in [0, 0.05) is 17.5 Å². The zero-order valence-electron chi connectivity index (χ0n) is 9.04. The van der Waals surface area contributed by atoms with Crippen LogP contribution in [0, 0.1) is 13.8 Å². The smallest absolute Gasteiger partial charge is 0.150 e. The predicted molar refractivity (Wildman–Crippen MR) is 59.8 cm³/mol. The van der Waals surface area contributed by atoms with Gasteiger partial charge in [-0.05, 0) is 43.2 Å². The highest BCUT2D eigenvalue weighted by atomic mass is 16.5. The highest BCUT2D eigenvalue weighted by Crippen LogP contribution is 2.26. The molecule has 0 aliphatic carbocycles. The van der Waals surface area contributed by atoms with Crippen molar-refractivity contribution in [2.45, 2.75) is 20.3 Å². The van der Waals surface area contributed by atoms with E-state index in [4.69, 9.17) is 4.74 Å². The third-order valence-corrected chi connectivity index (χ3v) is 2.71. The lowest BCUT2D eigenvalue weighted by molar-refractivity contribution is 0.112. The Balaban J connectivity index is 2.48. The van der Waals surface area contributed by atoms with Gasteiger partial charge in [-0.1, -0.05) is 0 Å². The molecule has 0 atom stereocenters. The summed E-state index contributed by atoms with van der Waals surface area (Å²) in [6, 6.07) is 3.94. The van der Waals surface area contributed by atoms with E-state index in [9.17, 15) is 4.79 Å². The first kappa shape index (κ1) is 9.97. The summed E-state index contributed by atoms with van der Waals surface area (Å²) in [6.45, 7) is 4.72. The van der Waals surface area contributed by atoms with Crippen LogP contribution >= 0.6 is 0 Å². The summed E-state index contributed by atoms with van der Waals surface area (Å²) in [7, 11) is 0. The van der Waals surface area contributed by atoms with Gasteiger partial charge >= 0.3 is 0 Å². The average molecular weight is 202 g/mol. The Morgan fingerprint density at radius 1 is 1.27 bits per heavy atom. The molecule has 0 unspecified atom stereocenters. The molecule has 0 N–H and O–H groups in total. The van der Waals surface area contributed by atoms with Gasteiger partial charge in [-0.3, -0.25) is 4.79 Å². The first-order chi connectivity index (χ1) is 7.22. The van der Waals surface area contributed by atoms with Gasteiger partial charge in [0.2, 0.25) is 0 Å². The third-order valence-electron chi connectivity index (χ3n) is 2.71. The molecule has 1 aliphatic rings. The average Bonchev–Trinajstić information content (AvgIpc) is 2.74. The molecule has 0 spiro atoms. The van der Waals surface area contributed by atoms with Gasteiger partial charge in [-0.15, -0.1) is 0 Å². The van der Waals surface area contributed by atoms with E-state index in [0.29, 0.717) is 0 Å². The summed E-state index contributed by atoms with van der Waals surface area (Å²) < 4.78 is 5.52. The van der Waals surface area contributed by atoms with Crippen molar-refractivity contribution < 1.29 is 9.53 Å². The van der Waals surface area contributed by atoms with Crippen molar-refractivity contribution in [1.82, 2.24) is 0 Å². The molecule has 1 aromatic carbocycles. The Labute approximate surface area is 89.6 Å². The Bertz CT molecular complexity index is 430. The van der Waals surface area contributed by atoms with Crippen molar-refractivity contribution in [3.63, 3.8) is 0 Å². The standard InChI is InChI=1S/C13H14O2/c1-9-7-12(13-4-3-5-15-13)10(2)6-11(9)8-14/h4,6-8H,3,5H2,1-2H3. The summed E-state index contributed by atoms with van der Waals surface area (Å²) in [6.07, 6.45) is 3.97. The topological polar surface area (TPSA) is 26.3 Å². The first-order valence-corrected chi connectivity index (χ1v) is 5.12. The molecule has 0 fully saturated rings. The Morgan fingerprint density at radius 3 is 2.67 bits per heavy atom. The van der Waals surface area contributed by atoms with Crippen LogP contribution in [0.25, 0.3) is 5.76 Å². The van der Waals surface area contributed by atoms with Crippen LogP contribution in [0.2, 0.25) is 0 Å². The van der Waals surface area contributed by atoms with E-state index in [-0.39, 0.29) is 0 Å². The summed E-state index contributed by atoms with van der Waals surface area (Å²) >= 11 is 0. The molecule has 2 nitrogen and oxygen atoms in total. The number of carbonyl (C=O) groups excluding carboxylic acids is 1. The molecule has 1 heterocycles. The van der Waals surface area contributed by atoms with Gasteiger partial charge in [0.1, 0.15) is 12.0 Å². The van der Waals surface area contributed by atoms with E-state index in [2.05, 4.69) is 6.08 Å². The highest BCUT2D eigenvalue weighted by Gasteiger charge is 2.12. The number of hydrogen-bond acceptors (Lipinski definition) is 2. The molecule has 1 aliphatic heterocycles. The van der Waals surface area contributed by atoms with E-state index in [1.165, 1.54) is 0 Å². The lowest BCUT2D eigenvalue weighted by Crippen LogP contribution is -1.95. The molecule has 1 aromatic rings. The second-order valence-corrected chi connectivity index (χ2v) is 3.85. The van der Waals surface area contributed by atoms with E-state index in [1.807, 2.05) is 26.0 Å². The second-order valence-electron chi connectivity index (χ2n) is 3.85. The number of benzene rings is 1. The summed E-state index contributed by atoms with van der Waals surface area (Å²) in [5, 5.41) is 0. The van der Waals surface area contributed by atoms with Crippen LogP contribution in [0.3, 0.4) is 0 Å². The van der Waals surface area contributed by atoms with Crippen molar-refractivity contribution in [3.05, 3.63) is 40.5 Å². The maximum absolute atomic E-state index is 10.8. The summed E-state index contributed by atoms with van der Waals surface area (Å²) in [5.41, 5.74) is 3.96.